The smallest absolute Gasteiger partial charge is 0.243 e. The third kappa shape index (κ3) is 6.54. The van der Waals surface area contributed by atoms with Crippen molar-refractivity contribution < 1.29 is 17.7 Å². The lowest BCUT2D eigenvalue weighted by molar-refractivity contribution is -0.132. The standard InChI is InChI=1S/C27H27ClN6O4S/c1-18-6-4-8-23(28)25(18)39(36,37)32-24(13-15-34-14-5-7-22(34)16-29)27(35)33(3)17-20-9-11-21(12-10-20)26-30-19(2)38-31-26/h4-12,14,24,32H,13,15,17H2,1-3H3. The Morgan fingerprint density at radius 3 is 2.56 bits per heavy atom. The van der Waals surface area contributed by atoms with E-state index in [0.717, 1.165) is 11.1 Å². The molecule has 0 fully saturated rings. The molecule has 2 heterocycles. The van der Waals surface area contributed by atoms with Crippen molar-refractivity contribution in [1.82, 2.24) is 24.3 Å². The third-order valence-electron chi connectivity index (χ3n) is 6.17. The molecule has 0 aliphatic heterocycles. The highest BCUT2D eigenvalue weighted by atomic mass is 35.5. The summed E-state index contributed by atoms with van der Waals surface area (Å²) in [5.74, 6) is 0.503. The number of nitriles is 1. The van der Waals surface area contributed by atoms with Crippen LogP contribution in [-0.4, -0.2) is 47.0 Å². The van der Waals surface area contributed by atoms with Gasteiger partial charge in [-0.2, -0.15) is 15.0 Å². The number of carbonyl (C=O) groups excluding carboxylic acids is 1. The molecule has 0 aliphatic rings. The van der Waals surface area contributed by atoms with Crippen LogP contribution >= 0.6 is 11.6 Å². The lowest BCUT2D eigenvalue weighted by atomic mass is 10.1. The van der Waals surface area contributed by atoms with Crippen LogP contribution in [0.2, 0.25) is 5.02 Å². The van der Waals surface area contributed by atoms with Crippen molar-refractivity contribution in [1.29, 1.82) is 5.26 Å². The normalized spacial score (nSPS) is 12.2. The first-order valence-electron chi connectivity index (χ1n) is 12.1. The van der Waals surface area contributed by atoms with Crippen molar-refractivity contribution in [3.05, 3.63) is 88.5 Å². The summed E-state index contributed by atoms with van der Waals surface area (Å²) >= 11 is 6.23. The van der Waals surface area contributed by atoms with Crippen LogP contribution in [0.4, 0.5) is 0 Å². The number of nitrogens with zero attached hydrogens (tertiary/aromatic N) is 5. The van der Waals surface area contributed by atoms with Crippen LogP contribution in [-0.2, 0) is 27.9 Å². The second-order valence-corrected chi connectivity index (χ2v) is 11.1. The lowest BCUT2D eigenvalue weighted by Gasteiger charge is -2.25. The fraction of sp³-hybridized carbons (Fsp3) is 0.259. The van der Waals surface area contributed by atoms with Gasteiger partial charge >= 0.3 is 0 Å². The molecule has 1 amide bonds. The van der Waals surface area contributed by atoms with Gasteiger partial charge in [0.2, 0.25) is 27.6 Å². The molecule has 4 aromatic rings. The van der Waals surface area contributed by atoms with E-state index in [-0.39, 0.29) is 29.4 Å². The molecule has 39 heavy (non-hydrogen) atoms. The highest BCUT2D eigenvalue weighted by Crippen LogP contribution is 2.25. The molecule has 1 unspecified atom stereocenters. The maximum absolute atomic E-state index is 13.6. The number of hydrogen-bond donors (Lipinski definition) is 1. The summed E-state index contributed by atoms with van der Waals surface area (Å²) in [5, 5.41) is 13.3. The van der Waals surface area contributed by atoms with Gasteiger partial charge in [-0.3, -0.25) is 4.79 Å². The molecule has 0 radical (unpaired) electrons. The summed E-state index contributed by atoms with van der Waals surface area (Å²) in [7, 11) is -2.53. The second kappa shape index (κ2) is 11.8. The Morgan fingerprint density at radius 1 is 1.18 bits per heavy atom. The van der Waals surface area contributed by atoms with Crippen molar-refractivity contribution in [2.75, 3.05) is 7.05 Å². The third-order valence-corrected chi connectivity index (χ3v) is 8.27. The monoisotopic (exact) mass is 566 g/mol. The number of hydrogen-bond acceptors (Lipinski definition) is 7. The van der Waals surface area contributed by atoms with Gasteiger partial charge in [0.1, 0.15) is 22.7 Å². The van der Waals surface area contributed by atoms with Crippen molar-refractivity contribution in [3.8, 4) is 17.5 Å². The summed E-state index contributed by atoms with van der Waals surface area (Å²) in [5.41, 5.74) is 2.47. The van der Waals surface area contributed by atoms with Crippen LogP contribution in [0, 0.1) is 25.2 Å². The van der Waals surface area contributed by atoms with E-state index >= 15 is 0 Å². The molecular weight excluding hydrogens is 540 g/mol. The zero-order chi connectivity index (χ0) is 28.2. The largest absolute Gasteiger partial charge is 0.340 e. The number of likely N-dealkylation sites (N-methyl/N-ethyl adjacent to an activating group) is 1. The van der Waals surface area contributed by atoms with Gasteiger partial charge in [-0.25, -0.2) is 8.42 Å². The highest BCUT2D eigenvalue weighted by Gasteiger charge is 2.30. The van der Waals surface area contributed by atoms with E-state index < -0.39 is 22.0 Å². The summed E-state index contributed by atoms with van der Waals surface area (Å²) < 4.78 is 36.0. The second-order valence-electron chi connectivity index (χ2n) is 9.08. The molecule has 202 valence electrons. The zero-order valence-electron chi connectivity index (χ0n) is 21.6. The van der Waals surface area contributed by atoms with E-state index in [4.69, 9.17) is 16.1 Å². The van der Waals surface area contributed by atoms with Gasteiger partial charge in [0, 0.05) is 38.8 Å². The van der Waals surface area contributed by atoms with Gasteiger partial charge in [0.25, 0.3) is 0 Å². The minimum atomic E-state index is -4.14. The predicted octanol–water partition coefficient (Wildman–Crippen LogP) is 4.08. The Bertz CT molecular complexity index is 1600. The van der Waals surface area contributed by atoms with Gasteiger partial charge in [-0.05, 0) is 42.7 Å². The Kier molecular flexibility index (Phi) is 8.50. The lowest BCUT2D eigenvalue weighted by Crippen LogP contribution is -2.47. The Labute approximate surface area is 231 Å². The fourth-order valence-electron chi connectivity index (χ4n) is 4.21. The maximum Gasteiger partial charge on any atom is 0.243 e. The van der Waals surface area contributed by atoms with Crippen molar-refractivity contribution >= 4 is 27.5 Å². The topological polar surface area (TPSA) is 134 Å². The maximum atomic E-state index is 13.6. The van der Waals surface area contributed by atoms with Crippen LogP contribution in [0.15, 0.2) is 70.2 Å². The van der Waals surface area contributed by atoms with Crippen molar-refractivity contribution in [2.24, 2.45) is 0 Å². The average Bonchev–Trinajstić information content (AvgIpc) is 3.54. The van der Waals surface area contributed by atoms with Crippen molar-refractivity contribution in [2.45, 2.75) is 44.3 Å². The fourth-order valence-corrected chi connectivity index (χ4v) is 6.26. The van der Waals surface area contributed by atoms with Crippen LogP contribution in [0.3, 0.4) is 0 Å². The molecular formula is C27H27ClN6O4S. The Morgan fingerprint density at radius 2 is 1.92 bits per heavy atom. The number of nitrogens with one attached hydrogen (secondary N) is 1. The van der Waals surface area contributed by atoms with Gasteiger partial charge < -0.3 is 14.0 Å². The van der Waals surface area contributed by atoms with Crippen LogP contribution < -0.4 is 4.72 Å². The number of aromatic nitrogens is 3. The Hall–Kier alpha value is -3.98. The zero-order valence-corrected chi connectivity index (χ0v) is 23.2. The first-order chi connectivity index (χ1) is 18.6. The highest BCUT2D eigenvalue weighted by molar-refractivity contribution is 7.89. The number of carbonyl (C=O) groups is 1. The van der Waals surface area contributed by atoms with Crippen molar-refractivity contribution in [3.63, 3.8) is 0 Å². The number of amides is 1. The van der Waals surface area contributed by atoms with E-state index in [1.54, 1.807) is 55.9 Å². The molecule has 1 N–H and O–H groups in total. The average molecular weight is 567 g/mol. The van der Waals surface area contributed by atoms with E-state index in [1.807, 2.05) is 24.3 Å². The number of sulfonamides is 1. The molecule has 0 saturated heterocycles. The van der Waals surface area contributed by atoms with Gasteiger partial charge in [-0.1, -0.05) is 53.2 Å². The predicted molar refractivity (Wildman–Crippen MR) is 145 cm³/mol. The van der Waals surface area contributed by atoms with Crippen LogP contribution in [0.25, 0.3) is 11.4 Å². The quantitative estimate of drug-likeness (QED) is 0.306. The molecule has 1 atom stereocenters. The van der Waals surface area contributed by atoms with Crippen LogP contribution in [0.1, 0.15) is 29.1 Å². The molecule has 2 aromatic carbocycles. The molecule has 4 rings (SSSR count). The summed E-state index contributed by atoms with van der Waals surface area (Å²) in [4.78, 5) is 19.2. The van der Waals surface area contributed by atoms with E-state index in [2.05, 4.69) is 20.9 Å². The number of halogens is 1. The molecule has 10 nitrogen and oxygen atoms in total. The SMILES string of the molecule is Cc1nc(-c2ccc(CN(C)C(=O)C(CCn3cccc3C#N)NS(=O)(=O)c3c(C)cccc3Cl)cc2)no1. The van der Waals surface area contributed by atoms with E-state index in [1.165, 1.54) is 11.0 Å². The van der Waals surface area contributed by atoms with Crippen LogP contribution in [0.5, 0.6) is 0 Å². The van der Waals surface area contributed by atoms with E-state index in [0.29, 0.717) is 23.0 Å². The summed E-state index contributed by atoms with van der Waals surface area (Å²) in [6.07, 6.45) is 1.83. The number of benzene rings is 2. The number of aryl methyl sites for hydroxylation is 3. The minimum absolute atomic E-state index is 0.0658. The first kappa shape index (κ1) is 28.0. The summed E-state index contributed by atoms with van der Waals surface area (Å²) in [6, 6.07) is 16.5. The molecule has 0 spiro atoms. The van der Waals surface area contributed by atoms with Gasteiger partial charge in [0.05, 0.1) is 5.02 Å². The minimum Gasteiger partial charge on any atom is -0.340 e. The number of rotatable bonds is 10. The molecule has 2 aromatic heterocycles. The van der Waals surface area contributed by atoms with E-state index in [9.17, 15) is 18.5 Å². The summed E-state index contributed by atoms with van der Waals surface area (Å²) in [6.45, 7) is 3.84. The molecule has 0 saturated carbocycles. The molecule has 0 bridgehead atoms. The van der Waals surface area contributed by atoms with Gasteiger partial charge in [-0.15, -0.1) is 0 Å². The molecule has 12 heteroatoms. The van der Waals surface area contributed by atoms with Gasteiger partial charge in [0.15, 0.2) is 0 Å². The molecule has 0 aliphatic carbocycles. The first-order valence-corrected chi connectivity index (χ1v) is 13.9. The Balaban J connectivity index is 1.55.